The van der Waals surface area contributed by atoms with Crippen LogP contribution in [0.5, 0.6) is 0 Å². The van der Waals surface area contributed by atoms with Crippen molar-refractivity contribution in [3.8, 4) is 0 Å². The van der Waals surface area contributed by atoms with E-state index in [1.807, 2.05) is 24.3 Å². The topological polar surface area (TPSA) is 20.3 Å². The molecule has 4 heteroatoms. The lowest BCUT2D eigenvalue weighted by Crippen LogP contribution is -2.19. The molecular weight excluding hydrogens is 317 g/mol. The molecule has 0 bridgehead atoms. The Kier molecular flexibility index (Phi) is 4.63. The van der Waals surface area contributed by atoms with Gasteiger partial charge in [-0.05, 0) is 23.8 Å². The molecule has 112 valence electrons. The third-order valence-electron chi connectivity index (χ3n) is 3.69. The Hall–Kier alpha value is -1.61. The Morgan fingerprint density at radius 2 is 1.77 bits per heavy atom. The highest BCUT2D eigenvalue weighted by molar-refractivity contribution is 6.44. The van der Waals surface area contributed by atoms with Gasteiger partial charge in [0.25, 0.3) is 0 Å². The third kappa shape index (κ3) is 3.25. The second-order valence-corrected chi connectivity index (χ2v) is 6.08. The van der Waals surface area contributed by atoms with E-state index < -0.39 is 0 Å². The summed E-state index contributed by atoms with van der Waals surface area (Å²) in [6, 6.07) is 12.8. The molecule has 1 aliphatic rings. The van der Waals surface area contributed by atoms with Crippen molar-refractivity contribution in [1.82, 2.24) is 4.90 Å². The molecule has 1 aliphatic heterocycles. The fourth-order valence-electron chi connectivity index (χ4n) is 2.55. The summed E-state index contributed by atoms with van der Waals surface area (Å²) in [5.41, 5.74) is 2.19. The first-order valence-corrected chi connectivity index (χ1v) is 7.86. The van der Waals surface area contributed by atoms with Gasteiger partial charge in [-0.2, -0.15) is 0 Å². The van der Waals surface area contributed by atoms with E-state index in [4.69, 9.17) is 23.2 Å². The molecule has 0 fully saturated rings. The smallest absolute Gasteiger partial charge is 0.194 e. The molecule has 0 spiro atoms. The van der Waals surface area contributed by atoms with Crippen molar-refractivity contribution in [3.63, 3.8) is 0 Å². The summed E-state index contributed by atoms with van der Waals surface area (Å²) in [7, 11) is 0. The average molecular weight is 332 g/mol. The zero-order chi connectivity index (χ0) is 15.5. The van der Waals surface area contributed by atoms with E-state index in [2.05, 4.69) is 17.1 Å². The molecule has 0 N–H and O–H groups in total. The number of rotatable bonds is 4. The Labute approximate surface area is 140 Å². The van der Waals surface area contributed by atoms with Crippen molar-refractivity contribution >= 4 is 29.0 Å². The summed E-state index contributed by atoms with van der Waals surface area (Å²) in [5, 5.41) is 0.704. The second-order valence-electron chi connectivity index (χ2n) is 5.30. The number of carbonyl (C=O) groups excluding carboxylic acids is 1. The van der Waals surface area contributed by atoms with Gasteiger partial charge < -0.3 is 0 Å². The van der Waals surface area contributed by atoms with Crippen molar-refractivity contribution in [3.05, 3.63) is 81.4 Å². The molecule has 0 saturated carbocycles. The monoisotopic (exact) mass is 331 g/mol. The summed E-state index contributed by atoms with van der Waals surface area (Å²) in [4.78, 5) is 14.9. The van der Waals surface area contributed by atoms with Crippen molar-refractivity contribution in [1.29, 1.82) is 0 Å². The van der Waals surface area contributed by atoms with Crippen LogP contribution in [0.3, 0.4) is 0 Å². The molecule has 0 atom stereocenters. The Balaban J connectivity index is 1.85. The van der Waals surface area contributed by atoms with E-state index in [1.165, 1.54) is 0 Å². The van der Waals surface area contributed by atoms with Gasteiger partial charge in [0.2, 0.25) is 0 Å². The minimum atomic E-state index is -0.103. The number of ketones is 1. The highest BCUT2D eigenvalue weighted by Gasteiger charge is 2.15. The van der Waals surface area contributed by atoms with Crippen LogP contribution in [0.15, 0.2) is 54.6 Å². The van der Waals surface area contributed by atoms with Crippen LogP contribution in [-0.2, 0) is 6.54 Å². The minimum Gasteiger partial charge on any atom is -0.292 e. The van der Waals surface area contributed by atoms with Gasteiger partial charge in [0.1, 0.15) is 0 Å². The lowest BCUT2D eigenvalue weighted by atomic mass is 10.0. The summed E-state index contributed by atoms with van der Waals surface area (Å²) in [5.74, 6) is -0.103. The van der Waals surface area contributed by atoms with Gasteiger partial charge in [-0.25, -0.2) is 0 Å². The van der Waals surface area contributed by atoms with Crippen LogP contribution < -0.4 is 0 Å². The SMILES string of the molecule is O=C(c1cccc(CN2CC=CC2)c1)c1cccc(Cl)c1Cl. The molecule has 2 nitrogen and oxygen atoms in total. The first-order chi connectivity index (χ1) is 10.6. The number of nitrogens with zero attached hydrogens (tertiary/aromatic N) is 1. The van der Waals surface area contributed by atoms with Crippen LogP contribution >= 0.6 is 23.2 Å². The molecular formula is C18H15Cl2NO. The molecule has 0 saturated heterocycles. The van der Waals surface area contributed by atoms with Crippen LogP contribution in [-0.4, -0.2) is 23.8 Å². The van der Waals surface area contributed by atoms with Crippen molar-refractivity contribution in [2.75, 3.05) is 13.1 Å². The van der Waals surface area contributed by atoms with Crippen LogP contribution in [0.2, 0.25) is 10.0 Å². The number of carbonyl (C=O) groups is 1. The molecule has 0 amide bonds. The van der Waals surface area contributed by atoms with E-state index in [9.17, 15) is 4.79 Å². The molecule has 0 unspecified atom stereocenters. The predicted octanol–water partition coefficient (Wildman–Crippen LogP) is 4.60. The van der Waals surface area contributed by atoms with E-state index in [-0.39, 0.29) is 5.78 Å². The van der Waals surface area contributed by atoms with Gasteiger partial charge in [-0.1, -0.05) is 59.6 Å². The first-order valence-electron chi connectivity index (χ1n) is 7.10. The van der Waals surface area contributed by atoms with Crippen molar-refractivity contribution in [2.24, 2.45) is 0 Å². The molecule has 0 aromatic heterocycles. The van der Waals surface area contributed by atoms with E-state index in [0.29, 0.717) is 21.2 Å². The highest BCUT2D eigenvalue weighted by Crippen LogP contribution is 2.27. The number of halogens is 2. The molecule has 22 heavy (non-hydrogen) atoms. The summed E-state index contributed by atoms with van der Waals surface area (Å²) >= 11 is 12.1. The number of hydrogen-bond acceptors (Lipinski definition) is 2. The fraction of sp³-hybridized carbons (Fsp3) is 0.167. The maximum Gasteiger partial charge on any atom is 0.194 e. The molecule has 3 rings (SSSR count). The normalized spacial score (nSPS) is 14.5. The highest BCUT2D eigenvalue weighted by atomic mass is 35.5. The first kappa shape index (κ1) is 15.3. The second kappa shape index (κ2) is 6.66. The molecule has 0 radical (unpaired) electrons. The van der Waals surface area contributed by atoms with Crippen LogP contribution in [0, 0.1) is 0 Å². The van der Waals surface area contributed by atoms with Crippen molar-refractivity contribution < 1.29 is 4.79 Å². The predicted molar refractivity (Wildman–Crippen MR) is 90.8 cm³/mol. The molecule has 2 aromatic rings. The largest absolute Gasteiger partial charge is 0.292 e. The van der Waals surface area contributed by atoms with E-state index in [0.717, 1.165) is 25.2 Å². The van der Waals surface area contributed by atoms with E-state index in [1.54, 1.807) is 18.2 Å². The van der Waals surface area contributed by atoms with Gasteiger partial charge in [-0.15, -0.1) is 0 Å². The van der Waals surface area contributed by atoms with Crippen LogP contribution in [0.25, 0.3) is 0 Å². The quantitative estimate of drug-likeness (QED) is 0.603. The number of benzene rings is 2. The summed E-state index contributed by atoms with van der Waals surface area (Å²) < 4.78 is 0. The molecule has 0 aliphatic carbocycles. The molecule has 1 heterocycles. The lowest BCUT2D eigenvalue weighted by Gasteiger charge is -2.15. The van der Waals surface area contributed by atoms with Gasteiger partial charge in [0, 0.05) is 30.8 Å². The van der Waals surface area contributed by atoms with Crippen molar-refractivity contribution in [2.45, 2.75) is 6.54 Å². The van der Waals surface area contributed by atoms with Gasteiger partial charge in [-0.3, -0.25) is 9.69 Å². The van der Waals surface area contributed by atoms with Gasteiger partial charge >= 0.3 is 0 Å². The maximum absolute atomic E-state index is 12.6. The standard InChI is InChI=1S/C18H15Cl2NO/c19-16-8-4-7-15(17(16)20)18(22)14-6-3-5-13(11-14)12-21-9-1-2-10-21/h1-8,11H,9-10,12H2. The van der Waals surface area contributed by atoms with E-state index >= 15 is 0 Å². The Morgan fingerprint density at radius 1 is 1.05 bits per heavy atom. The maximum atomic E-state index is 12.6. The lowest BCUT2D eigenvalue weighted by molar-refractivity contribution is 0.103. The average Bonchev–Trinajstić information content (AvgIpc) is 3.02. The Morgan fingerprint density at radius 3 is 2.55 bits per heavy atom. The molecule has 2 aromatic carbocycles. The third-order valence-corrected chi connectivity index (χ3v) is 4.50. The number of hydrogen-bond donors (Lipinski definition) is 0. The van der Waals surface area contributed by atoms with Gasteiger partial charge in [0.15, 0.2) is 5.78 Å². The van der Waals surface area contributed by atoms with Crippen LogP contribution in [0.1, 0.15) is 21.5 Å². The fourth-order valence-corrected chi connectivity index (χ4v) is 2.94. The minimum absolute atomic E-state index is 0.103. The van der Waals surface area contributed by atoms with Gasteiger partial charge in [0.05, 0.1) is 10.0 Å². The zero-order valence-corrected chi connectivity index (χ0v) is 13.4. The summed E-state index contributed by atoms with van der Waals surface area (Å²) in [6.07, 6.45) is 4.31. The summed E-state index contributed by atoms with van der Waals surface area (Å²) in [6.45, 7) is 2.74. The van der Waals surface area contributed by atoms with Crippen LogP contribution in [0.4, 0.5) is 0 Å². The Bertz CT molecular complexity index is 732. The zero-order valence-electron chi connectivity index (χ0n) is 11.9.